The molecule has 2 fully saturated rings. The first-order chi connectivity index (χ1) is 67.7. The van der Waals surface area contributed by atoms with Crippen molar-refractivity contribution in [2.24, 2.45) is 10.2 Å². The smallest absolute Gasteiger partial charge is 0.246 e. The fourth-order valence-electron chi connectivity index (χ4n) is 15.9. The third kappa shape index (κ3) is 30.1. The predicted molar refractivity (Wildman–Crippen MR) is 544 cm³/mol. The van der Waals surface area contributed by atoms with Crippen LogP contribution < -0.4 is 42.5 Å². The largest absolute Gasteiger partial charge is 0.342 e. The molecule has 0 unspecified atom stereocenters. The maximum absolute atomic E-state index is 15.1. The molecule has 16 amide bonds. The van der Waals surface area contributed by atoms with Gasteiger partial charge in [0.05, 0.1) is 11.4 Å². The second-order valence-electron chi connectivity index (χ2n) is 36.2. The molecule has 752 valence electrons. The van der Waals surface area contributed by atoms with E-state index in [-0.39, 0.29) is 61.5 Å². The van der Waals surface area contributed by atoms with Crippen molar-refractivity contribution in [2.75, 3.05) is 67.9 Å². The number of amides is 16. The first-order valence-corrected chi connectivity index (χ1v) is 49.6. The van der Waals surface area contributed by atoms with Crippen LogP contribution in [-0.4, -0.2) is 298 Å². The zero-order valence-corrected chi connectivity index (χ0v) is 84.7. The van der Waals surface area contributed by atoms with Crippen LogP contribution in [-0.2, 0) is 127 Å². The maximum Gasteiger partial charge on any atom is 0.246 e. The quantitative estimate of drug-likeness (QED) is 0.0327. The number of benzene rings is 8. The van der Waals surface area contributed by atoms with Crippen LogP contribution in [0.15, 0.2) is 241 Å². The molecule has 0 aliphatic carbocycles. The molecule has 2 heterocycles. The van der Waals surface area contributed by atoms with Crippen molar-refractivity contribution in [3.8, 4) is 0 Å². The van der Waals surface area contributed by atoms with Crippen molar-refractivity contribution in [1.82, 2.24) is 81.7 Å². The molecule has 36 heteroatoms. The van der Waals surface area contributed by atoms with E-state index in [9.17, 15) is 67.1 Å². The Hall–Kier alpha value is -14.4. The van der Waals surface area contributed by atoms with Crippen LogP contribution in [0.2, 0.25) is 0 Å². The number of nitrogens with one attached hydrogen (secondary N) is 8. The molecule has 8 N–H and O–H groups in total. The van der Waals surface area contributed by atoms with Gasteiger partial charge in [-0.25, -0.2) is 0 Å². The Labute approximate surface area is 838 Å². The van der Waals surface area contributed by atoms with Crippen molar-refractivity contribution in [1.29, 1.82) is 0 Å². The van der Waals surface area contributed by atoms with Crippen LogP contribution in [0.5, 0.6) is 0 Å². The van der Waals surface area contributed by atoms with Crippen LogP contribution in [0.1, 0.15) is 99.9 Å². The fourth-order valence-corrected chi connectivity index (χ4v) is 17.9. The fraction of sp³-hybridized carbons (Fsp3) is 0.396. The van der Waals surface area contributed by atoms with Gasteiger partial charge in [0.1, 0.15) is 96.7 Å². The highest BCUT2D eigenvalue weighted by Gasteiger charge is 2.43. The monoisotopic (exact) mass is 1970 g/mol. The highest BCUT2D eigenvalue weighted by Crippen LogP contribution is 2.27. The summed E-state index contributed by atoms with van der Waals surface area (Å²) in [6, 6.07) is 47.0. The topological polar surface area (TPSA) is 420 Å². The number of thioether (sulfide) groups is 2. The molecule has 0 bridgehead atoms. The van der Waals surface area contributed by atoms with Gasteiger partial charge in [-0.15, -0.1) is 0 Å². The molecule has 2 saturated heterocycles. The van der Waals surface area contributed by atoms with E-state index in [0.29, 0.717) is 44.8 Å². The third-order valence-electron chi connectivity index (χ3n) is 26.3. The van der Waals surface area contributed by atoms with Gasteiger partial charge in [-0.2, -0.15) is 33.8 Å². The molecule has 142 heavy (non-hydrogen) atoms. The lowest BCUT2D eigenvalue weighted by Gasteiger charge is -2.34. The lowest BCUT2D eigenvalue weighted by Crippen LogP contribution is -2.61. The Bertz CT molecular complexity index is 5320. The number of carbonyl (C=O) groups is 16. The van der Waals surface area contributed by atoms with Gasteiger partial charge < -0.3 is 81.7 Å². The van der Waals surface area contributed by atoms with Gasteiger partial charge in [0.25, 0.3) is 0 Å². The molecule has 10 rings (SSSR count). The highest BCUT2D eigenvalue weighted by atomic mass is 32.2. The first kappa shape index (κ1) is 110. The van der Waals surface area contributed by atoms with E-state index in [1.165, 1.54) is 155 Å². The summed E-state index contributed by atoms with van der Waals surface area (Å²) in [7, 11) is 11.2. The van der Waals surface area contributed by atoms with Crippen molar-refractivity contribution >= 4 is 129 Å². The number of hydrogen-bond acceptors (Lipinski definition) is 20. The van der Waals surface area contributed by atoms with E-state index in [0.717, 1.165) is 30.7 Å². The molecule has 8 aromatic rings. The zero-order valence-electron chi connectivity index (χ0n) is 83.1. The summed E-state index contributed by atoms with van der Waals surface area (Å²) in [5, 5.41) is 31.7. The number of nitrogens with zero attached hydrogens (tertiary/aromatic N) is 10. The van der Waals surface area contributed by atoms with Gasteiger partial charge in [0.15, 0.2) is 0 Å². The molecular weight excluding hydrogens is 1850 g/mol. The summed E-state index contributed by atoms with van der Waals surface area (Å²) in [5.41, 5.74) is 6.49. The third-order valence-corrected chi connectivity index (χ3v) is 28.5. The molecule has 8 aromatic carbocycles. The second kappa shape index (κ2) is 52.2. The number of carbonyl (C=O) groups excluding carboxylic acids is 16. The Morgan fingerprint density at radius 3 is 0.493 bits per heavy atom. The highest BCUT2D eigenvalue weighted by molar-refractivity contribution is 7.98. The van der Waals surface area contributed by atoms with Crippen LogP contribution in [0.25, 0.3) is 0 Å². The Balaban J connectivity index is 0.847. The Morgan fingerprint density at radius 2 is 0.338 bits per heavy atom. The summed E-state index contributed by atoms with van der Waals surface area (Å²) in [4.78, 5) is 246. The molecule has 0 radical (unpaired) electrons. The van der Waals surface area contributed by atoms with E-state index >= 15 is 9.59 Å². The van der Waals surface area contributed by atoms with Gasteiger partial charge in [0.2, 0.25) is 94.5 Å². The van der Waals surface area contributed by atoms with Crippen molar-refractivity contribution < 1.29 is 76.7 Å². The van der Waals surface area contributed by atoms with Crippen LogP contribution in [0, 0.1) is 0 Å². The van der Waals surface area contributed by atoms with Gasteiger partial charge in [-0.05, 0) is 124 Å². The summed E-state index contributed by atoms with van der Waals surface area (Å²) in [5.74, 6) is -10.8. The van der Waals surface area contributed by atoms with E-state index < -0.39 is 191 Å². The molecule has 16 atom stereocenters. The Morgan fingerprint density at radius 1 is 0.197 bits per heavy atom. The number of rotatable bonds is 22. The minimum absolute atomic E-state index is 0.0128. The van der Waals surface area contributed by atoms with E-state index in [1.54, 1.807) is 206 Å². The number of likely N-dealkylation sites (N-methyl/N-ethyl adjacent to an activating group) is 8. The molecule has 2 aliphatic heterocycles. The first-order valence-electron chi connectivity index (χ1n) is 47.2. The SMILES string of the molecule is C[C@@H]1C(=O)N[C@@H](Cc2ccccc2)C(=O)N(C)[C@H](C)C(=O)N[C@H](CSCc2ccc(N=Nc3ccc(CSC[C@H]4NC(=O)[C@@H](C)N(C)C(=O)[C@H](Cc5ccccc5)NC(=O)[C@@H](C)N(C)C(=O)[C@H](Cc5ccccc5)NC(=O)[C@@H](C)N(C)C(=O)[C@H](Cc5ccccc5)NC(=O)[C@@H](C)N(C)C4=O)cc3)cc2)C(=O)N(C)[C@H](C)C(=O)N[C@@H](Cc2ccccc2)C(=O)N(C)[C@H](C)C(=O)N[C@@H](Cc2ccccc2)C(=O)N1C. The minimum Gasteiger partial charge on any atom is -0.342 e. The second-order valence-corrected chi connectivity index (χ2v) is 38.3. The minimum atomic E-state index is -1.34. The predicted octanol–water partition coefficient (Wildman–Crippen LogP) is 6.71. The van der Waals surface area contributed by atoms with Crippen molar-refractivity contribution in [3.05, 3.63) is 275 Å². The average molecular weight is 1980 g/mol. The molecule has 34 nitrogen and oxygen atoms in total. The lowest BCUT2D eigenvalue weighted by atomic mass is 10.0. The van der Waals surface area contributed by atoms with E-state index in [2.05, 4.69) is 52.8 Å². The normalized spacial score (nSPS) is 24.4. The van der Waals surface area contributed by atoms with Gasteiger partial charge >= 0.3 is 0 Å². The van der Waals surface area contributed by atoms with E-state index in [1.807, 2.05) is 24.3 Å². The lowest BCUT2D eigenvalue weighted by molar-refractivity contribution is -0.146. The summed E-state index contributed by atoms with van der Waals surface area (Å²) in [6.07, 6.45) is -0.170. The van der Waals surface area contributed by atoms with Gasteiger partial charge in [0, 0.05) is 118 Å². The molecule has 0 spiro atoms. The zero-order chi connectivity index (χ0) is 103. The maximum atomic E-state index is 15.1. The summed E-state index contributed by atoms with van der Waals surface area (Å²) >= 11 is 2.56. The van der Waals surface area contributed by atoms with Crippen LogP contribution in [0.4, 0.5) is 11.4 Å². The summed E-state index contributed by atoms with van der Waals surface area (Å²) < 4.78 is 0. The number of hydrogen-bond donors (Lipinski definition) is 8. The molecular formula is C106H130N18O16S2. The average Bonchev–Trinajstić information content (AvgIpc) is 0.821. The summed E-state index contributed by atoms with van der Waals surface area (Å²) in [6.45, 7) is 11.8. The molecule has 2 aliphatic rings. The van der Waals surface area contributed by atoms with Crippen molar-refractivity contribution in [3.63, 3.8) is 0 Å². The van der Waals surface area contributed by atoms with Crippen LogP contribution >= 0.6 is 23.5 Å². The van der Waals surface area contributed by atoms with Gasteiger partial charge in [-0.1, -0.05) is 206 Å². The number of azo groups is 1. The Kier molecular flexibility index (Phi) is 40.3. The van der Waals surface area contributed by atoms with Gasteiger partial charge in [-0.3, -0.25) is 76.7 Å². The standard InChI is InChI=1S/C106H130N18O16S2/c1-65-91(125)107-83(55-73-35-23-17-24-36-73)99(133)117(9)67(3)93(127)109-87(59-77-43-31-21-32-44-77)103(137)121(13)71(7)97(131)113-89(105(139)123(15)69(5)95(129)111-85(101(135)119(65)11)57-75-39-27-19-28-40-75)63-141-61-79-47-51-81(52-48-79)115-116-82-53-49-80(50-54-82)62-142-64-90-106(140)124(16)70(6)96(130)112-86(58-76-41-29-20-30-42-76)102(136)120(12)66(2)92(126)108-84(56-74-37-25-18-26-38-74)100(134)118(10)68(4)94(128)110-88(60-78-45-33-22-34-46-78)104(138)122(14)72(8)98(132)114-90/h17-54,65-72,83-90H,55-64H2,1-16H3,(H,107,125)(H,108,126)(H,109,127)(H,110,128)(H,111,129)(H,112,130)(H,113,131)(H,114,132)/t65-,66-,67-,68-,69-,70-,71-,72-,83+,84+,85+,86+,87+,88+,89-,90-/m1/s1. The molecule has 0 saturated carbocycles. The van der Waals surface area contributed by atoms with E-state index in [4.69, 9.17) is 0 Å². The van der Waals surface area contributed by atoms with Crippen LogP contribution in [0.3, 0.4) is 0 Å². The van der Waals surface area contributed by atoms with Crippen molar-refractivity contribution in [2.45, 2.75) is 202 Å². The molecule has 0 aromatic heterocycles.